The fraction of sp³-hybridized carbons (Fsp3) is 0.167. The maximum Gasteiger partial charge on any atom is 0.0802 e. The van der Waals surface area contributed by atoms with Gasteiger partial charge in [-0.3, -0.25) is 9.97 Å². The van der Waals surface area contributed by atoms with Gasteiger partial charge >= 0.3 is 0 Å². The van der Waals surface area contributed by atoms with Crippen LogP contribution in [0, 0.1) is 0 Å². The zero-order chi connectivity index (χ0) is 12.3. The highest BCUT2D eigenvalue weighted by Gasteiger charge is 2.19. The van der Waals surface area contributed by atoms with Crippen molar-refractivity contribution in [1.29, 1.82) is 0 Å². The maximum absolute atomic E-state index is 6.18. The quantitative estimate of drug-likeness (QED) is 0.929. The van der Waals surface area contributed by atoms with E-state index in [2.05, 4.69) is 15.3 Å². The molecule has 0 saturated heterocycles. The monoisotopic (exact) mass is 267 g/mol. The molecule has 88 valence electrons. The molecule has 2 aromatic rings. The lowest BCUT2D eigenvalue weighted by Crippen LogP contribution is -2.19. The van der Waals surface area contributed by atoms with Crippen molar-refractivity contribution < 1.29 is 0 Å². The smallest absolute Gasteiger partial charge is 0.0802 e. The Morgan fingerprint density at radius 3 is 2.41 bits per heavy atom. The van der Waals surface area contributed by atoms with E-state index in [1.165, 1.54) is 0 Å². The van der Waals surface area contributed by atoms with Gasteiger partial charge in [0.2, 0.25) is 0 Å². The summed E-state index contributed by atoms with van der Waals surface area (Å²) in [5, 5.41) is 4.37. The molecule has 1 heterocycles. The summed E-state index contributed by atoms with van der Waals surface area (Å²) in [6, 6.07) is 5.27. The molecule has 0 aliphatic heterocycles. The van der Waals surface area contributed by atoms with E-state index in [1.807, 2.05) is 25.2 Å². The first kappa shape index (κ1) is 12.3. The number of hydrogen-bond acceptors (Lipinski definition) is 3. The zero-order valence-electron chi connectivity index (χ0n) is 9.19. The predicted molar refractivity (Wildman–Crippen MR) is 69.4 cm³/mol. The summed E-state index contributed by atoms with van der Waals surface area (Å²) >= 11 is 12.4. The molecule has 5 heteroatoms. The van der Waals surface area contributed by atoms with Gasteiger partial charge in [-0.2, -0.15) is 0 Å². The molecule has 1 unspecified atom stereocenters. The second-order valence-corrected chi connectivity index (χ2v) is 4.30. The zero-order valence-corrected chi connectivity index (χ0v) is 10.7. The topological polar surface area (TPSA) is 37.8 Å². The van der Waals surface area contributed by atoms with E-state index < -0.39 is 0 Å². The van der Waals surface area contributed by atoms with Crippen LogP contribution in [0.15, 0.2) is 36.8 Å². The molecule has 17 heavy (non-hydrogen) atoms. The Balaban J connectivity index is 2.50. The molecule has 2 rings (SSSR count). The molecule has 0 fully saturated rings. The number of nitrogens with one attached hydrogen (secondary N) is 1. The van der Waals surface area contributed by atoms with Crippen LogP contribution in [-0.2, 0) is 0 Å². The van der Waals surface area contributed by atoms with Crippen molar-refractivity contribution in [2.24, 2.45) is 0 Å². The van der Waals surface area contributed by atoms with E-state index >= 15 is 0 Å². The summed E-state index contributed by atoms with van der Waals surface area (Å²) in [5.74, 6) is 0. The van der Waals surface area contributed by atoms with Gasteiger partial charge in [-0.1, -0.05) is 29.3 Å². The number of hydrogen-bond donors (Lipinski definition) is 1. The number of nitrogens with zero attached hydrogens (tertiary/aromatic N) is 2. The SMILES string of the molecule is CNC(c1cnccn1)c1c(Cl)cccc1Cl. The summed E-state index contributed by atoms with van der Waals surface area (Å²) < 4.78 is 0. The predicted octanol–water partition coefficient (Wildman–Crippen LogP) is 3.09. The van der Waals surface area contributed by atoms with E-state index in [0.717, 1.165) is 11.3 Å². The average Bonchev–Trinajstić information content (AvgIpc) is 2.35. The molecule has 0 aliphatic rings. The Morgan fingerprint density at radius 2 is 1.88 bits per heavy atom. The van der Waals surface area contributed by atoms with E-state index in [4.69, 9.17) is 23.2 Å². The van der Waals surface area contributed by atoms with Crippen LogP contribution < -0.4 is 5.32 Å². The van der Waals surface area contributed by atoms with Crippen LogP contribution >= 0.6 is 23.2 Å². The molecule has 0 saturated carbocycles. The van der Waals surface area contributed by atoms with Crippen molar-refractivity contribution in [3.8, 4) is 0 Å². The van der Waals surface area contributed by atoms with Gasteiger partial charge in [0.25, 0.3) is 0 Å². The lowest BCUT2D eigenvalue weighted by molar-refractivity contribution is 0.667. The maximum atomic E-state index is 6.18. The molecule has 3 nitrogen and oxygen atoms in total. The van der Waals surface area contributed by atoms with Gasteiger partial charge in [0, 0.05) is 28.0 Å². The lowest BCUT2D eigenvalue weighted by Gasteiger charge is -2.18. The van der Waals surface area contributed by atoms with Crippen LogP contribution in [-0.4, -0.2) is 17.0 Å². The number of halogens is 2. The Bertz CT molecular complexity index is 482. The van der Waals surface area contributed by atoms with Crippen LogP contribution in [0.1, 0.15) is 17.3 Å². The molecule has 1 N–H and O–H groups in total. The molecule has 1 aromatic carbocycles. The Hall–Kier alpha value is -1.16. The van der Waals surface area contributed by atoms with Crippen LogP contribution in [0.3, 0.4) is 0 Å². The summed E-state index contributed by atoms with van der Waals surface area (Å²) in [6.07, 6.45) is 4.97. The van der Waals surface area contributed by atoms with Crippen LogP contribution in [0.25, 0.3) is 0 Å². The average molecular weight is 268 g/mol. The Morgan fingerprint density at radius 1 is 1.18 bits per heavy atom. The molecule has 0 bridgehead atoms. The second-order valence-electron chi connectivity index (χ2n) is 3.49. The number of aromatic nitrogens is 2. The molecule has 0 aliphatic carbocycles. The van der Waals surface area contributed by atoms with Crippen molar-refractivity contribution in [2.75, 3.05) is 7.05 Å². The van der Waals surface area contributed by atoms with E-state index in [1.54, 1.807) is 18.6 Å². The molecule has 1 atom stereocenters. The second kappa shape index (κ2) is 5.45. The van der Waals surface area contributed by atoms with Crippen LogP contribution in [0.5, 0.6) is 0 Å². The minimum atomic E-state index is -0.162. The highest BCUT2D eigenvalue weighted by Crippen LogP contribution is 2.32. The van der Waals surface area contributed by atoms with E-state index in [-0.39, 0.29) is 6.04 Å². The third-order valence-corrected chi connectivity index (χ3v) is 3.12. The molecular formula is C12H11Cl2N3. The standard InChI is InChI=1S/C12H11Cl2N3/c1-15-12(10-7-16-5-6-17-10)11-8(13)3-2-4-9(11)14/h2-7,12,15H,1H3. The van der Waals surface area contributed by atoms with Crippen LogP contribution in [0.2, 0.25) is 10.0 Å². The first-order valence-electron chi connectivity index (χ1n) is 5.11. The fourth-order valence-electron chi connectivity index (χ4n) is 1.69. The molecular weight excluding hydrogens is 257 g/mol. The number of rotatable bonds is 3. The van der Waals surface area contributed by atoms with E-state index in [0.29, 0.717) is 10.0 Å². The van der Waals surface area contributed by atoms with Gasteiger partial charge < -0.3 is 5.32 Å². The van der Waals surface area contributed by atoms with Gasteiger partial charge in [-0.15, -0.1) is 0 Å². The van der Waals surface area contributed by atoms with Crippen LogP contribution in [0.4, 0.5) is 0 Å². The highest BCUT2D eigenvalue weighted by molar-refractivity contribution is 6.36. The Kier molecular flexibility index (Phi) is 3.94. The normalized spacial score (nSPS) is 12.4. The minimum Gasteiger partial charge on any atom is -0.308 e. The van der Waals surface area contributed by atoms with Gasteiger partial charge in [0.15, 0.2) is 0 Å². The van der Waals surface area contributed by atoms with Gasteiger partial charge in [0.1, 0.15) is 0 Å². The van der Waals surface area contributed by atoms with Gasteiger partial charge in [-0.25, -0.2) is 0 Å². The van der Waals surface area contributed by atoms with Gasteiger partial charge in [-0.05, 0) is 19.2 Å². The number of benzene rings is 1. The summed E-state index contributed by atoms with van der Waals surface area (Å²) in [6.45, 7) is 0. The third-order valence-electron chi connectivity index (χ3n) is 2.46. The fourth-order valence-corrected chi connectivity index (χ4v) is 2.30. The van der Waals surface area contributed by atoms with Crippen molar-refractivity contribution in [3.63, 3.8) is 0 Å². The summed E-state index contributed by atoms with van der Waals surface area (Å²) in [5.41, 5.74) is 1.60. The first-order valence-corrected chi connectivity index (χ1v) is 5.86. The van der Waals surface area contributed by atoms with Gasteiger partial charge in [0.05, 0.1) is 17.9 Å². The van der Waals surface area contributed by atoms with Crippen molar-refractivity contribution >= 4 is 23.2 Å². The third kappa shape index (κ3) is 2.57. The lowest BCUT2D eigenvalue weighted by atomic mass is 10.0. The minimum absolute atomic E-state index is 0.162. The largest absolute Gasteiger partial charge is 0.308 e. The molecule has 0 amide bonds. The summed E-state index contributed by atoms with van der Waals surface area (Å²) in [7, 11) is 1.83. The Labute approximate surface area is 110 Å². The molecule has 0 spiro atoms. The highest BCUT2D eigenvalue weighted by atomic mass is 35.5. The van der Waals surface area contributed by atoms with Crippen molar-refractivity contribution in [2.45, 2.75) is 6.04 Å². The van der Waals surface area contributed by atoms with Crippen molar-refractivity contribution in [3.05, 3.63) is 58.1 Å². The first-order chi connectivity index (χ1) is 8.24. The van der Waals surface area contributed by atoms with Crippen molar-refractivity contribution in [1.82, 2.24) is 15.3 Å². The van der Waals surface area contributed by atoms with E-state index in [9.17, 15) is 0 Å². The summed E-state index contributed by atoms with van der Waals surface area (Å²) in [4.78, 5) is 8.32. The molecule has 0 radical (unpaired) electrons. The molecule has 1 aromatic heterocycles.